The quantitative estimate of drug-likeness (QED) is 0.197. The molecule has 200 valence electrons. The van der Waals surface area contributed by atoms with Crippen LogP contribution in [0.25, 0.3) is 0 Å². The fraction of sp³-hybridized carbons (Fsp3) is 0.290. The second-order valence-corrected chi connectivity index (χ2v) is 8.60. The van der Waals surface area contributed by atoms with Crippen molar-refractivity contribution in [2.24, 2.45) is 0 Å². The molecule has 7 nitrogen and oxygen atoms in total. The van der Waals surface area contributed by atoms with Gasteiger partial charge in [0.05, 0.1) is 19.8 Å². The SMILES string of the molecule is CC(=O)OC/C(=C\[C@H](OCc1ccccc1)[C@@H](COCc1ccccc1)OC(C)=O)OCc1ccccc1. The van der Waals surface area contributed by atoms with Gasteiger partial charge < -0.3 is 23.7 Å². The summed E-state index contributed by atoms with van der Waals surface area (Å²) in [5, 5.41) is 0. The zero-order chi connectivity index (χ0) is 27.0. The number of ether oxygens (including phenoxy) is 5. The predicted molar refractivity (Wildman–Crippen MR) is 143 cm³/mol. The summed E-state index contributed by atoms with van der Waals surface area (Å²) < 4.78 is 29.0. The summed E-state index contributed by atoms with van der Waals surface area (Å²) in [6.45, 7) is 3.54. The highest BCUT2D eigenvalue weighted by Crippen LogP contribution is 2.17. The van der Waals surface area contributed by atoms with Gasteiger partial charge in [0.1, 0.15) is 25.1 Å². The Balaban J connectivity index is 1.82. The number of rotatable bonds is 15. The van der Waals surface area contributed by atoms with Gasteiger partial charge in [-0.05, 0) is 22.8 Å². The summed E-state index contributed by atoms with van der Waals surface area (Å²) in [7, 11) is 0. The normalized spacial score (nSPS) is 12.8. The first kappa shape index (κ1) is 28.6. The van der Waals surface area contributed by atoms with Crippen LogP contribution in [-0.4, -0.2) is 37.4 Å². The Kier molecular flexibility index (Phi) is 12.1. The molecule has 0 radical (unpaired) electrons. The van der Waals surface area contributed by atoms with E-state index in [-0.39, 0.29) is 26.4 Å². The Morgan fingerprint density at radius 1 is 0.684 bits per heavy atom. The number of hydrogen-bond donors (Lipinski definition) is 0. The molecule has 0 saturated carbocycles. The van der Waals surface area contributed by atoms with Gasteiger partial charge in [-0.1, -0.05) is 91.0 Å². The first-order valence-corrected chi connectivity index (χ1v) is 12.4. The molecule has 0 amide bonds. The summed E-state index contributed by atoms with van der Waals surface area (Å²) >= 11 is 0. The van der Waals surface area contributed by atoms with Crippen molar-refractivity contribution in [3.05, 3.63) is 120 Å². The minimum atomic E-state index is -0.771. The molecular formula is C31H34O7. The minimum Gasteiger partial charge on any atom is -0.490 e. The molecule has 0 spiro atoms. The first-order valence-electron chi connectivity index (χ1n) is 12.4. The van der Waals surface area contributed by atoms with E-state index in [4.69, 9.17) is 23.7 Å². The molecule has 0 aliphatic carbocycles. The van der Waals surface area contributed by atoms with Crippen molar-refractivity contribution in [1.82, 2.24) is 0 Å². The van der Waals surface area contributed by atoms with Gasteiger partial charge in [0.15, 0.2) is 6.10 Å². The van der Waals surface area contributed by atoms with Crippen LogP contribution in [0.2, 0.25) is 0 Å². The summed E-state index contributed by atoms with van der Waals surface area (Å²) in [5.74, 6) is -0.530. The van der Waals surface area contributed by atoms with Crippen LogP contribution in [0.3, 0.4) is 0 Å². The van der Waals surface area contributed by atoms with E-state index in [0.29, 0.717) is 12.4 Å². The molecule has 0 heterocycles. The molecule has 3 aromatic carbocycles. The molecule has 7 heteroatoms. The molecule has 38 heavy (non-hydrogen) atoms. The van der Waals surface area contributed by atoms with Crippen LogP contribution in [0, 0.1) is 0 Å². The van der Waals surface area contributed by atoms with Crippen molar-refractivity contribution in [2.75, 3.05) is 13.2 Å². The Labute approximate surface area is 223 Å². The molecular weight excluding hydrogens is 484 g/mol. The van der Waals surface area contributed by atoms with E-state index in [9.17, 15) is 9.59 Å². The first-order chi connectivity index (χ1) is 18.5. The van der Waals surface area contributed by atoms with Crippen molar-refractivity contribution in [3.63, 3.8) is 0 Å². The smallest absolute Gasteiger partial charge is 0.303 e. The van der Waals surface area contributed by atoms with Gasteiger partial charge in [0.25, 0.3) is 0 Å². The van der Waals surface area contributed by atoms with E-state index in [1.807, 2.05) is 91.0 Å². The van der Waals surface area contributed by atoms with Gasteiger partial charge in [-0.15, -0.1) is 0 Å². The summed E-state index contributed by atoms with van der Waals surface area (Å²) in [6.07, 6.45) is 0.178. The van der Waals surface area contributed by atoms with Crippen molar-refractivity contribution < 1.29 is 33.3 Å². The second kappa shape index (κ2) is 16.0. The monoisotopic (exact) mass is 518 g/mol. The fourth-order valence-electron chi connectivity index (χ4n) is 3.55. The Morgan fingerprint density at radius 3 is 1.74 bits per heavy atom. The van der Waals surface area contributed by atoms with Gasteiger partial charge in [0, 0.05) is 13.8 Å². The van der Waals surface area contributed by atoms with E-state index in [2.05, 4.69) is 0 Å². The third-order valence-corrected chi connectivity index (χ3v) is 5.40. The van der Waals surface area contributed by atoms with Gasteiger partial charge in [0.2, 0.25) is 0 Å². The molecule has 3 aromatic rings. The second-order valence-electron chi connectivity index (χ2n) is 8.60. The maximum absolute atomic E-state index is 12.0. The van der Waals surface area contributed by atoms with E-state index >= 15 is 0 Å². The van der Waals surface area contributed by atoms with Gasteiger partial charge in [-0.3, -0.25) is 9.59 Å². The third kappa shape index (κ3) is 11.0. The maximum Gasteiger partial charge on any atom is 0.303 e. The van der Waals surface area contributed by atoms with Gasteiger partial charge in [-0.2, -0.15) is 0 Å². The Hall–Kier alpha value is -3.94. The number of hydrogen-bond acceptors (Lipinski definition) is 7. The average Bonchev–Trinajstić information content (AvgIpc) is 2.93. The molecule has 0 aliphatic heterocycles. The number of carbonyl (C=O) groups is 2. The van der Waals surface area contributed by atoms with Gasteiger partial charge in [-0.25, -0.2) is 0 Å². The fourth-order valence-corrected chi connectivity index (χ4v) is 3.55. The molecule has 0 saturated heterocycles. The summed E-state index contributed by atoms with van der Waals surface area (Å²) in [6, 6.07) is 29.0. The van der Waals surface area contributed by atoms with Crippen LogP contribution >= 0.6 is 0 Å². The standard InChI is InChI=1S/C31H34O7/c1-24(32)35-22-29(36-20-27-14-8-4-9-15-27)18-30(37-21-28-16-10-5-11-17-28)31(38-25(2)33)23-34-19-26-12-6-3-7-13-26/h3-18,30-31H,19-23H2,1-2H3/b29-18+/t30-,31+/m0/s1. The molecule has 0 fully saturated rings. The van der Waals surface area contributed by atoms with Crippen LogP contribution in [0.1, 0.15) is 30.5 Å². The number of benzene rings is 3. The van der Waals surface area contributed by atoms with Crippen molar-refractivity contribution in [2.45, 2.75) is 45.9 Å². The molecule has 0 aromatic heterocycles. The zero-order valence-corrected chi connectivity index (χ0v) is 21.8. The topological polar surface area (TPSA) is 80.3 Å². The molecule has 0 bridgehead atoms. The minimum absolute atomic E-state index is 0.0873. The maximum atomic E-state index is 12.0. The molecule has 0 N–H and O–H groups in total. The summed E-state index contributed by atoms with van der Waals surface area (Å²) in [4.78, 5) is 23.6. The molecule has 0 aliphatic rings. The lowest BCUT2D eigenvalue weighted by molar-refractivity contribution is -0.159. The highest BCUT2D eigenvalue weighted by molar-refractivity contribution is 5.66. The van der Waals surface area contributed by atoms with Crippen LogP contribution < -0.4 is 0 Å². The lowest BCUT2D eigenvalue weighted by Gasteiger charge is -2.26. The van der Waals surface area contributed by atoms with Crippen molar-refractivity contribution in [1.29, 1.82) is 0 Å². The van der Waals surface area contributed by atoms with E-state index in [1.54, 1.807) is 6.08 Å². The van der Waals surface area contributed by atoms with Crippen LogP contribution in [-0.2, 0) is 53.1 Å². The lowest BCUT2D eigenvalue weighted by atomic mass is 10.1. The van der Waals surface area contributed by atoms with Crippen LogP contribution in [0.4, 0.5) is 0 Å². The molecule has 0 unspecified atom stereocenters. The lowest BCUT2D eigenvalue weighted by Crippen LogP contribution is -2.36. The third-order valence-electron chi connectivity index (χ3n) is 5.40. The molecule has 2 atom stereocenters. The highest BCUT2D eigenvalue weighted by Gasteiger charge is 2.26. The largest absolute Gasteiger partial charge is 0.490 e. The molecule has 3 rings (SSSR count). The summed E-state index contributed by atoms with van der Waals surface area (Å²) in [5.41, 5.74) is 2.89. The van der Waals surface area contributed by atoms with Gasteiger partial charge >= 0.3 is 11.9 Å². The Morgan fingerprint density at radius 2 is 1.21 bits per heavy atom. The average molecular weight is 519 g/mol. The van der Waals surface area contributed by atoms with Crippen molar-refractivity contribution >= 4 is 11.9 Å². The van der Waals surface area contributed by atoms with E-state index < -0.39 is 24.1 Å². The highest BCUT2D eigenvalue weighted by atomic mass is 16.6. The van der Waals surface area contributed by atoms with E-state index in [1.165, 1.54) is 13.8 Å². The van der Waals surface area contributed by atoms with Crippen LogP contribution in [0.5, 0.6) is 0 Å². The number of esters is 2. The Bertz CT molecular complexity index is 1130. The predicted octanol–water partition coefficient (Wildman–Crippen LogP) is 5.38. The van der Waals surface area contributed by atoms with Crippen LogP contribution in [0.15, 0.2) is 103 Å². The van der Waals surface area contributed by atoms with E-state index in [0.717, 1.165) is 16.7 Å². The zero-order valence-electron chi connectivity index (χ0n) is 21.8. The van der Waals surface area contributed by atoms with Crippen molar-refractivity contribution in [3.8, 4) is 0 Å². The number of carbonyl (C=O) groups excluding carboxylic acids is 2.